The molecule has 0 bridgehead atoms. The van der Waals surface area contributed by atoms with Crippen LogP contribution in [0.4, 0.5) is 0 Å². The topological polar surface area (TPSA) is 124 Å². The third kappa shape index (κ3) is 8.94. The number of ether oxygens (including phenoxy) is 1. The first-order valence-corrected chi connectivity index (χ1v) is 14.2. The Balaban J connectivity index is 1.54. The van der Waals surface area contributed by atoms with Crippen LogP contribution in [0.5, 0.6) is 0 Å². The molecule has 0 aromatic heterocycles. The maximum Gasteiger partial charge on any atom is 0.335 e. The molecule has 7 nitrogen and oxygen atoms in total. The van der Waals surface area contributed by atoms with Gasteiger partial charge in [0.1, 0.15) is 18.3 Å². The molecule has 2 aliphatic rings. The lowest BCUT2D eigenvalue weighted by molar-refractivity contribution is -0.227. The fourth-order valence-corrected chi connectivity index (χ4v) is 5.54. The van der Waals surface area contributed by atoms with E-state index in [0.29, 0.717) is 0 Å². The van der Waals surface area contributed by atoms with Gasteiger partial charge in [-0.2, -0.15) is 0 Å². The van der Waals surface area contributed by atoms with Gasteiger partial charge in [0.2, 0.25) is 0 Å². The number of carboxylic acids is 1. The van der Waals surface area contributed by atoms with Crippen LogP contribution in [0, 0.1) is 5.41 Å². The number of allylic oxidation sites excluding steroid dienone is 10. The molecule has 0 spiro atoms. The predicted molar refractivity (Wildman–Crippen MR) is 159 cm³/mol. The van der Waals surface area contributed by atoms with E-state index in [1.165, 1.54) is 30.4 Å². The third-order valence-corrected chi connectivity index (χ3v) is 7.96. The molecule has 0 amide bonds. The minimum atomic E-state index is -1.71. The Bertz CT molecular complexity index is 1250. The zero-order chi connectivity index (χ0) is 30.3. The SMILES string of the molecule is CC1=C(/C=C/C(C)=C/C=C/C(C)=C/C(=O)Cc2ccc(C[C@@H]3OC(C(=O)O)[C@@H](O)C(O)C3O)cc2)C(C)(C)CCC1. The second kappa shape index (κ2) is 14.2. The van der Waals surface area contributed by atoms with Crippen molar-refractivity contribution in [3.63, 3.8) is 0 Å². The van der Waals surface area contributed by atoms with Gasteiger partial charge in [-0.05, 0) is 73.8 Å². The van der Waals surface area contributed by atoms with Gasteiger partial charge in [0.25, 0.3) is 0 Å². The first-order chi connectivity index (χ1) is 19.3. The number of aliphatic hydroxyl groups excluding tert-OH is 3. The molecule has 1 aromatic carbocycles. The van der Waals surface area contributed by atoms with Crippen LogP contribution >= 0.6 is 0 Å². The Kier molecular flexibility index (Phi) is 11.2. The average molecular weight is 565 g/mol. The Morgan fingerprint density at radius 1 is 0.976 bits per heavy atom. The standard InChI is InChI=1S/C34H44O7/c1-21(11-16-27-23(3)10-7-17-34(27,4)5)8-6-9-22(2)18-26(35)19-24-12-14-25(15-13-24)20-28-29(36)30(37)31(38)32(41-28)33(39)40/h6,8-9,11-16,18,28-32,36-38H,7,10,17,19-20H2,1-5H3,(H,39,40)/b9-6+,16-11+,21-8+,22-18+/t28-,29?,30?,31-,32?/m0/s1. The minimum Gasteiger partial charge on any atom is -0.479 e. The van der Waals surface area contributed by atoms with Gasteiger partial charge in [0, 0.05) is 12.8 Å². The molecule has 1 aliphatic carbocycles. The highest BCUT2D eigenvalue weighted by molar-refractivity contribution is 5.92. The van der Waals surface area contributed by atoms with Gasteiger partial charge in [0.05, 0.1) is 6.10 Å². The van der Waals surface area contributed by atoms with Gasteiger partial charge >= 0.3 is 5.97 Å². The van der Waals surface area contributed by atoms with Crippen molar-refractivity contribution in [2.45, 2.75) is 97.2 Å². The van der Waals surface area contributed by atoms with E-state index in [4.69, 9.17) is 4.74 Å². The summed E-state index contributed by atoms with van der Waals surface area (Å²) < 4.78 is 5.35. The minimum absolute atomic E-state index is 0.0325. The number of benzene rings is 1. The molecule has 3 unspecified atom stereocenters. The number of carboxylic acid groups (broad SMARTS) is 1. The molecule has 1 fully saturated rings. The Morgan fingerprint density at radius 2 is 1.63 bits per heavy atom. The normalized spacial score (nSPS) is 27.6. The predicted octanol–water partition coefficient (Wildman–Crippen LogP) is 4.81. The maximum absolute atomic E-state index is 12.6. The number of carbonyl (C=O) groups is 2. The lowest BCUT2D eigenvalue weighted by Gasteiger charge is -2.39. The molecule has 1 aliphatic heterocycles. The zero-order valence-electron chi connectivity index (χ0n) is 24.7. The van der Waals surface area contributed by atoms with Crippen molar-refractivity contribution in [2.75, 3.05) is 0 Å². The number of carbonyl (C=O) groups excluding carboxylic acids is 1. The summed E-state index contributed by atoms with van der Waals surface area (Å²) in [4.78, 5) is 23.9. The molecule has 5 atom stereocenters. The van der Waals surface area contributed by atoms with Crippen molar-refractivity contribution >= 4 is 11.8 Å². The highest BCUT2D eigenvalue weighted by atomic mass is 16.6. The summed E-state index contributed by atoms with van der Waals surface area (Å²) in [5, 5.41) is 39.3. The van der Waals surface area contributed by atoms with E-state index >= 15 is 0 Å². The largest absolute Gasteiger partial charge is 0.479 e. The molecule has 222 valence electrons. The molecule has 41 heavy (non-hydrogen) atoms. The molecular weight excluding hydrogens is 520 g/mol. The first kappa shape index (κ1) is 32.4. The molecule has 1 saturated heterocycles. The van der Waals surface area contributed by atoms with Crippen molar-refractivity contribution in [1.82, 2.24) is 0 Å². The summed E-state index contributed by atoms with van der Waals surface area (Å²) >= 11 is 0. The summed E-state index contributed by atoms with van der Waals surface area (Å²) in [5.41, 5.74) is 6.65. The van der Waals surface area contributed by atoms with Crippen LogP contribution in [0.25, 0.3) is 0 Å². The quantitative estimate of drug-likeness (QED) is 0.238. The number of aliphatic carboxylic acids is 1. The van der Waals surface area contributed by atoms with Crippen LogP contribution in [0.2, 0.25) is 0 Å². The Morgan fingerprint density at radius 3 is 2.27 bits per heavy atom. The van der Waals surface area contributed by atoms with Crippen LogP contribution in [-0.2, 0) is 27.2 Å². The number of ketones is 1. The van der Waals surface area contributed by atoms with Gasteiger partial charge in [-0.15, -0.1) is 0 Å². The van der Waals surface area contributed by atoms with Crippen molar-refractivity contribution < 1.29 is 34.8 Å². The Labute approximate surface area is 243 Å². The fraction of sp³-hybridized carbons (Fsp3) is 0.471. The summed E-state index contributed by atoms with van der Waals surface area (Å²) in [7, 11) is 0. The van der Waals surface area contributed by atoms with E-state index in [9.17, 15) is 30.0 Å². The third-order valence-electron chi connectivity index (χ3n) is 7.96. The van der Waals surface area contributed by atoms with Crippen LogP contribution in [0.15, 0.2) is 83.0 Å². The molecule has 3 rings (SSSR count). The van der Waals surface area contributed by atoms with Crippen LogP contribution in [-0.4, -0.2) is 62.7 Å². The lowest BCUT2D eigenvalue weighted by Crippen LogP contribution is -2.60. The molecule has 0 radical (unpaired) electrons. The average Bonchev–Trinajstić information content (AvgIpc) is 2.89. The van der Waals surface area contributed by atoms with Gasteiger partial charge in [-0.25, -0.2) is 4.79 Å². The van der Waals surface area contributed by atoms with Gasteiger partial charge in [-0.3, -0.25) is 4.79 Å². The van der Waals surface area contributed by atoms with E-state index in [-0.39, 0.29) is 24.0 Å². The van der Waals surface area contributed by atoms with Crippen LogP contribution in [0.3, 0.4) is 0 Å². The smallest absolute Gasteiger partial charge is 0.335 e. The summed E-state index contributed by atoms with van der Waals surface area (Å²) in [6.07, 6.45) is 8.54. The fourth-order valence-electron chi connectivity index (χ4n) is 5.54. The zero-order valence-corrected chi connectivity index (χ0v) is 24.7. The second-order valence-electron chi connectivity index (χ2n) is 12.0. The molecule has 1 heterocycles. The number of aliphatic hydroxyl groups is 3. The van der Waals surface area contributed by atoms with Crippen LogP contribution < -0.4 is 0 Å². The number of rotatable bonds is 10. The molecular formula is C34H44O7. The number of hydrogen-bond donors (Lipinski definition) is 4. The molecule has 7 heteroatoms. The summed E-state index contributed by atoms with van der Waals surface area (Å²) in [6.45, 7) is 10.8. The monoisotopic (exact) mass is 564 g/mol. The van der Waals surface area contributed by atoms with Crippen molar-refractivity contribution in [1.29, 1.82) is 0 Å². The Hall–Kier alpha value is -3.10. The lowest BCUT2D eigenvalue weighted by atomic mass is 9.72. The van der Waals surface area contributed by atoms with Gasteiger partial charge < -0.3 is 25.2 Å². The highest BCUT2D eigenvalue weighted by Gasteiger charge is 2.46. The van der Waals surface area contributed by atoms with Crippen molar-refractivity contribution in [3.05, 3.63) is 94.1 Å². The van der Waals surface area contributed by atoms with E-state index in [0.717, 1.165) is 22.3 Å². The van der Waals surface area contributed by atoms with Crippen molar-refractivity contribution in [3.8, 4) is 0 Å². The van der Waals surface area contributed by atoms with E-state index in [1.807, 2.05) is 25.2 Å². The maximum atomic E-state index is 12.6. The van der Waals surface area contributed by atoms with Gasteiger partial charge in [-0.1, -0.05) is 79.6 Å². The summed E-state index contributed by atoms with van der Waals surface area (Å²) in [5.74, 6) is -1.44. The highest BCUT2D eigenvalue weighted by Crippen LogP contribution is 2.40. The van der Waals surface area contributed by atoms with E-state index < -0.39 is 36.5 Å². The van der Waals surface area contributed by atoms with E-state index in [2.05, 4.69) is 39.8 Å². The van der Waals surface area contributed by atoms with E-state index in [1.54, 1.807) is 30.3 Å². The summed E-state index contributed by atoms with van der Waals surface area (Å²) in [6, 6.07) is 7.14. The molecule has 1 aromatic rings. The molecule has 4 N–H and O–H groups in total. The molecule has 0 saturated carbocycles. The van der Waals surface area contributed by atoms with Crippen LogP contribution in [0.1, 0.15) is 65.0 Å². The second-order valence-corrected chi connectivity index (χ2v) is 12.0. The number of hydrogen-bond acceptors (Lipinski definition) is 6. The van der Waals surface area contributed by atoms with Crippen molar-refractivity contribution in [2.24, 2.45) is 5.41 Å². The van der Waals surface area contributed by atoms with Gasteiger partial charge in [0.15, 0.2) is 11.9 Å². The first-order valence-electron chi connectivity index (χ1n) is 14.2.